The van der Waals surface area contributed by atoms with Crippen molar-refractivity contribution in [1.82, 2.24) is 36.0 Å². The Hall–Kier alpha value is -4.12. The van der Waals surface area contributed by atoms with E-state index in [1.807, 2.05) is 30.3 Å². The quantitative estimate of drug-likeness (QED) is 0.228. The first-order chi connectivity index (χ1) is 20.0. The SMILES string of the molecule is O=C(NCc1n[nH]c2c1CCCC2)[C@H](Cc1ccccc1)n1cnc(-c2cc(Cl)ccc2N2C=C(Cl)NN2)cc1=O. The van der Waals surface area contributed by atoms with Crippen molar-refractivity contribution in [2.24, 2.45) is 0 Å². The molecular weight excluding hydrogens is 563 g/mol. The van der Waals surface area contributed by atoms with Crippen LogP contribution >= 0.6 is 23.2 Å². The molecule has 1 atom stereocenters. The van der Waals surface area contributed by atoms with Crippen LogP contribution < -0.4 is 26.8 Å². The van der Waals surface area contributed by atoms with Crippen molar-refractivity contribution in [2.75, 3.05) is 5.01 Å². The number of fused-ring (bicyclic) bond motifs is 1. The molecule has 41 heavy (non-hydrogen) atoms. The van der Waals surface area contributed by atoms with E-state index in [0.29, 0.717) is 33.5 Å². The van der Waals surface area contributed by atoms with Crippen LogP contribution in [0.3, 0.4) is 0 Å². The van der Waals surface area contributed by atoms with E-state index < -0.39 is 6.04 Å². The van der Waals surface area contributed by atoms with Crippen molar-refractivity contribution in [1.29, 1.82) is 0 Å². The summed E-state index contributed by atoms with van der Waals surface area (Å²) in [7, 11) is 0. The largest absolute Gasteiger partial charge is 0.349 e. The molecule has 0 fully saturated rings. The molecular formula is C29H28Cl2N8O2. The summed E-state index contributed by atoms with van der Waals surface area (Å²) in [6.45, 7) is 0.287. The Kier molecular flexibility index (Phi) is 7.78. The minimum Gasteiger partial charge on any atom is -0.349 e. The highest BCUT2D eigenvalue weighted by Crippen LogP contribution is 2.32. The minimum atomic E-state index is -0.814. The number of carbonyl (C=O) groups is 1. The molecule has 210 valence electrons. The topological polar surface area (TPSA) is 120 Å². The average Bonchev–Trinajstić information content (AvgIpc) is 3.61. The van der Waals surface area contributed by atoms with Gasteiger partial charge in [0.1, 0.15) is 11.2 Å². The highest BCUT2D eigenvalue weighted by Gasteiger charge is 2.25. The lowest BCUT2D eigenvalue weighted by molar-refractivity contribution is -0.124. The van der Waals surface area contributed by atoms with Gasteiger partial charge in [-0.3, -0.25) is 29.7 Å². The van der Waals surface area contributed by atoms with Crippen molar-refractivity contribution in [3.05, 3.63) is 110 Å². The number of aryl methyl sites for hydroxylation is 1. The fraction of sp³-hybridized carbons (Fsp3) is 0.241. The molecule has 0 unspecified atom stereocenters. The van der Waals surface area contributed by atoms with Crippen LogP contribution in [0.4, 0.5) is 5.69 Å². The van der Waals surface area contributed by atoms with Crippen LogP contribution in [0.1, 0.15) is 41.4 Å². The molecule has 6 rings (SSSR count). The zero-order valence-electron chi connectivity index (χ0n) is 22.0. The second-order valence-electron chi connectivity index (χ2n) is 10.0. The number of amides is 1. The van der Waals surface area contributed by atoms with Gasteiger partial charge in [-0.15, -0.1) is 5.53 Å². The molecule has 0 radical (unpaired) electrons. The summed E-state index contributed by atoms with van der Waals surface area (Å²) in [6.07, 6.45) is 7.57. The molecule has 0 bridgehead atoms. The number of hydrogen-bond donors (Lipinski definition) is 4. The standard InChI is InChI=1S/C29H28Cl2N8O2/c30-19-10-11-25(39-16-27(31)36-37-39)21(13-19)23-14-28(40)38(17-33-23)26(12-18-6-2-1-3-7-18)29(41)32-15-24-20-8-4-5-9-22(20)34-35-24/h1-3,6-7,10-11,13-14,16-17,26,36-37H,4-5,8-9,12,15H2,(H,32,41)(H,34,35)/t26-/m0/s1. The number of H-pyrrole nitrogens is 1. The molecule has 2 aromatic heterocycles. The van der Waals surface area contributed by atoms with Gasteiger partial charge in [-0.1, -0.05) is 53.5 Å². The normalized spacial score (nSPS) is 15.2. The third kappa shape index (κ3) is 5.85. The Labute approximate surface area is 246 Å². The zero-order chi connectivity index (χ0) is 28.3. The average molecular weight is 592 g/mol. The Morgan fingerprint density at radius 1 is 1.07 bits per heavy atom. The maximum atomic E-state index is 13.6. The lowest BCUT2D eigenvalue weighted by Crippen LogP contribution is -2.38. The van der Waals surface area contributed by atoms with E-state index in [2.05, 4.69) is 31.5 Å². The predicted octanol–water partition coefficient (Wildman–Crippen LogP) is 4.13. The maximum absolute atomic E-state index is 13.6. The molecule has 3 heterocycles. The smallest absolute Gasteiger partial charge is 0.254 e. The van der Waals surface area contributed by atoms with Crippen LogP contribution in [0.25, 0.3) is 11.3 Å². The number of hydrazine groups is 2. The fourth-order valence-electron chi connectivity index (χ4n) is 5.28. The fourth-order valence-corrected chi connectivity index (χ4v) is 5.59. The van der Waals surface area contributed by atoms with E-state index in [1.165, 1.54) is 22.5 Å². The lowest BCUT2D eigenvalue weighted by atomic mass is 9.96. The molecule has 2 aromatic carbocycles. The van der Waals surface area contributed by atoms with Gasteiger partial charge < -0.3 is 5.32 Å². The Balaban J connectivity index is 1.30. The molecule has 1 aliphatic heterocycles. The van der Waals surface area contributed by atoms with Crippen LogP contribution in [0.2, 0.25) is 5.02 Å². The molecule has 0 saturated carbocycles. The Morgan fingerprint density at radius 3 is 2.68 bits per heavy atom. The van der Waals surface area contributed by atoms with E-state index >= 15 is 0 Å². The summed E-state index contributed by atoms with van der Waals surface area (Å²) in [5, 5.41) is 13.1. The zero-order valence-corrected chi connectivity index (χ0v) is 23.5. The van der Waals surface area contributed by atoms with Crippen LogP contribution in [-0.2, 0) is 30.6 Å². The van der Waals surface area contributed by atoms with Gasteiger partial charge >= 0.3 is 0 Å². The summed E-state index contributed by atoms with van der Waals surface area (Å²) in [5.74, 6) is -0.284. The molecule has 1 aliphatic carbocycles. The van der Waals surface area contributed by atoms with Gasteiger partial charge in [-0.05, 0) is 55.0 Å². The van der Waals surface area contributed by atoms with Crippen LogP contribution in [0, 0.1) is 0 Å². The van der Waals surface area contributed by atoms with Crippen LogP contribution in [0.15, 0.2) is 77.1 Å². The third-order valence-electron chi connectivity index (χ3n) is 7.35. The van der Waals surface area contributed by atoms with Crippen molar-refractivity contribution < 1.29 is 4.79 Å². The van der Waals surface area contributed by atoms with Gasteiger partial charge in [0, 0.05) is 28.8 Å². The molecule has 0 saturated heterocycles. The van der Waals surface area contributed by atoms with Gasteiger partial charge in [0.15, 0.2) is 0 Å². The molecule has 12 heteroatoms. The molecule has 4 aromatic rings. The Morgan fingerprint density at radius 2 is 1.90 bits per heavy atom. The van der Waals surface area contributed by atoms with Crippen LogP contribution in [-0.4, -0.2) is 25.7 Å². The van der Waals surface area contributed by atoms with E-state index in [-0.39, 0.29) is 18.0 Å². The third-order valence-corrected chi connectivity index (χ3v) is 7.78. The van der Waals surface area contributed by atoms with Gasteiger partial charge in [-0.2, -0.15) is 5.10 Å². The van der Waals surface area contributed by atoms with E-state index in [1.54, 1.807) is 29.4 Å². The minimum absolute atomic E-state index is 0.284. The maximum Gasteiger partial charge on any atom is 0.254 e. The van der Waals surface area contributed by atoms with Gasteiger partial charge in [0.25, 0.3) is 5.56 Å². The first-order valence-electron chi connectivity index (χ1n) is 13.4. The van der Waals surface area contributed by atoms with Crippen molar-refractivity contribution in [2.45, 2.75) is 44.7 Å². The van der Waals surface area contributed by atoms with E-state index in [0.717, 1.165) is 42.6 Å². The van der Waals surface area contributed by atoms with Gasteiger partial charge in [0.05, 0.1) is 36.1 Å². The number of aromatic nitrogens is 4. The second kappa shape index (κ2) is 11.8. The number of benzene rings is 2. The second-order valence-corrected chi connectivity index (χ2v) is 10.9. The number of rotatable bonds is 8. The number of hydrogen-bond acceptors (Lipinski definition) is 7. The summed E-state index contributed by atoms with van der Waals surface area (Å²) >= 11 is 12.4. The van der Waals surface area contributed by atoms with E-state index in [9.17, 15) is 9.59 Å². The van der Waals surface area contributed by atoms with Gasteiger partial charge in [0.2, 0.25) is 5.91 Å². The van der Waals surface area contributed by atoms with Crippen LogP contribution in [0.5, 0.6) is 0 Å². The van der Waals surface area contributed by atoms with Crippen molar-refractivity contribution >= 4 is 34.8 Å². The number of aromatic amines is 1. The number of halogens is 2. The number of nitrogens with zero attached hydrogens (tertiary/aromatic N) is 4. The monoisotopic (exact) mass is 590 g/mol. The van der Waals surface area contributed by atoms with E-state index in [4.69, 9.17) is 23.2 Å². The molecule has 1 amide bonds. The lowest BCUT2D eigenvalue weighted by Gasteiger charge is -2.21. The highest BCUT2D eigenvalue weighted by atomic mass is 35.5. The summed E-state index contributed by atoms with van der Waals surface area (Å²) < 4.78 is 1.38. The van der Waals surface area contributed by atoms with Crippen molar-refractivity contribution in [3.8, 4) is 11.3 Å². The molecule has 4 N–H and O–H groups in total. The number of nitrogens with one attached hydrogen (secondary N) is 4. The first-order valence-corrected chi connectivity index (χ1v) is 14.1. The van der Waals surface area contributed by atoms with Crippen molar-refractivity contribution in [3.63, 3.8) is 0 Å². The molecule has 10 nitrogen and oxygen atoms in total. The predicted molar refractivity (Wildman–Crippen MR) is 158 cm³/mol. The molecule has 2 aliphatic rings. The number of anilines is 1. The highest BCUT2D eigenvalue weighted by molar-refractivity contribution is 6.31. The summed E-state index contributed by atoms with van der Waals surface area (Å²) in [4.78, 5) is 31.8. The Bertz CT molecular complexity index is 1670. The summed E-state index contributed by atoms with van der Waals surface area (Å²) in [6, 6.07) is 15.5. The first kappa shape index (κ1) is 27.1. The van der Waals surface area contributed by atoms with Gasteiger partial charge in [-0.25, -0.2) is 4.98 Å². The number of carbonyl (C=O) groups excluding carboxylic acids is 1. The molecule has 0 spiro atoms. The summed E-state index contributed by atoms with van der Waals surface area (Å²) in [5.41, 5.74) is 11.2.